The highest BCUT2D eigenvalue weighted by molar-refractivity contribution is 5.75. The third kappa shape index (κ3) is 4.47. The normalized spacial score (nSPS) is 36.0. The van der Waals surface area contributed by atoms with Crippen LogP contribution in [-0.4, -0.2) is 47.7 Å². The van der Waals surface area contributed by atoms with Crippen LogP contribution in [0.1, 0.15) is 88.3 Å². The van der Waals surface area contributed by atoms with E-state index >= 15 is 0 Å². The third-order valence-corrected chi connectivity index (χ3v) is 9.40. The highest BCUT2D eigenvalue weighted by Crippen LogP contribution is 2.55. The van der Waals surface area contributed by atoms with E-state index in [2.05, 4.69) is 34.9 Å². The lowest BCUT2D eigenvalue weighted by atomic mass is 9.53. The summed E-state index contributed by atoms with van der Waals surface area (Å²) < 4.78 is 0. The molecule has 7 rings (SSSR count). The van der Waals surface area contributed by atoms with E-state index in [-0.39, 0.29) is 17.6 Å². The zero-order valence-corrected chi connectivity index (χ0v) is 21.0. The summed E-state index contributed by atoms with van der Waals surface area (Å²) in [7, 11) is 4.15. The Kier molecular flexibility index (Phi) is 5.85. The molecule has 7 nitrogen and oxygen atoms in total. The molecule has 0 aromatic carbocycles. The molecule has 0 radical (unpaired) electrons. The number of anilines is 2. The maximum atomic E-state index is 12.9. The molecule has 0 spiro atoms. The Bertz CT molecular complexity index is 887. The number of nitrogens with zero attached hydrogens (tertiary/aromatic N) is 3. The van der Waals surface area contributed by atoms with Gasteiger partial charge in [0.05, 0.1) is 5.69 Å². The van der Waals surface area contributed by atoms with Gasteiger partial charge in [-0.15, -0.1) is 0 Å². The van der Waals surface area contributed by atoms with Crippen molar-refractivity contribution in [2.45, 2.75) is 108 Å². The Hall–Kier alpha value is -2.05. The highest BCUT2D eigenvalue weighted by Gasteiger charge is 2.51. The molecule has 186 valence electrons. The summed E-state index contributed by atoms with van der Waals surface area (Å²) in [5, 5.41) is 10.4. The zero-order chi connectivity index (χ0) is 23.3. The molecular weight excluding hydrogens is 424 g/mol. The minimum Gasteiger partial charge on any atom is -0.362 e. The minimum absolute atomic E-state index is 0.0759. The Labute approximate surface area is 204 Å². The molecule has 6 aliphatic carbocycles. The highest BCUT2D eigenvalue weighted by atomic mass is 16.2. The first-order valence-corrected chi connectivity index (χ1v) is 13.9. The summed E-state index contributed by atoms with van der Waals surface area (Å²) in [6, 6.07) is 0.724. The average molecular weight is 467 g/mol. The van der Waals surface area contributed by atoms with E-state index < -0.39 is 0 Å². The number of rotatable bonds is 5. The van der Waals surface area contributed by atoms with Crippen LogP contribution in [0.5, 0.6) is 0 Å². The SMILES string of the molecule is CN(C)c1nc(NC2CCC(NC(=O)NC34CC5CC(CC(C5)C3)C4)CC2)nc2c1CCCC2. The maximum Gasteiger partial charge on any atom is 0.315 e. The minimum atomic E-state index is 0.0759. The number of hydrogen-bond acceptors (Lipinski definition) is 5. The lowest BCUT2D eigenvalue weighted by Gasteiger charge is -2.56. The summed E-state index contributed by atoms with van der Waals surface area (Å²) in [5.74, 6) is 4.41. The first kappa shape index (κ1) is 22.4. The number of carbonyl (C=O) groups excluding carboxylic acids is 1. The standard InChI is InChI=1S/C27H42N6O/c1-33(2)24-22-5-3-4-6-23(22)30-25(31-24)28-20-7-9-21(10-8-20)29-26(34)32-27-14-17-11-18(15-27)13-19(12-17)16-27/h17-21H,3-16H2,1-2H3,(H,28,30,31)(H2,29,32,34). The molecule has 3 N–H and O–H groups in total. The van der Waals surface area contributed by atoms with Crippen molar-refractivity contribution in [2.75, 3.05) is 24.3 Å². The van der Waals surface area contributed by atoms with Gasteiger partial charge in [-0.1, -0.05) is 0 Å². The summed E-state index contributed by atoms with van der Waals surface area (Å²) in [6.45, 7) is 0. The quantitative estimate of drug-likeness (QED) is 0.599. The molecule has 0 saturated heterocycles. The summed E-state index contributed by atoms with van der Waals surface area (Å²) in [4.78, 5) is 24.8. The molecule has 34 heavy (non-hydrogen) atoms. The summed E-state index contributed by atoms with van der Waals surface area (Å²) in [6.07, 6.45) is 16.5. The molecule has 6 aliphatic rings. The van der Waals surface area contributed by atoms with E-state index in [0.29, 0.717) is 6.04 Å². The predicted octanol–water partition coefficient (Wildman–Crippen LogP) is 4.41. The number of nitrogens with one attached hydrogen (secondary N) is 3. The van der Waals surface area contributed by atoms with Gasteiger partial charge in [-0.2, -0.15) is 4.98 Å². The van der Waals surface area contributed by atoms with Gasteiger partial charge >= 0.3 is 6.03 Å². The fraction of sp³-hybridized carbons (Fsp3) is 0.815. The van der Waals surface area contributed by atoms with E-state index in [4.69, 9.17) is 9.97 Å². The third-order valence-electron chi connectivity index (χ3n) is 9.40. The van der Waals surface area contributed by atoms with Gasteiger partial charge < -0.3 is 20.9 Å². The molecule has 2 amide bonds. The zero-order valence-electron chi connectivity index (χ0n) is 21.0. The molecule has 0 atom stereocenters. The predicted molar refractivity (Wildman–Crippen MR) is 135 cm³/mol. The maximum absolute atomic E-state index is 12.9. The van der Waals surface area contributed by atoms with Crippen molar-refractivity contribution in [2.24, 2.45) is 17.8 Å². The van der Waals surface area contributed by atoms with Crippen molar-refractivity contribution < 1.29 is 4.79 Å². The Morgan fingerprint density at radius 1 is 0.882 bits per heavy atom. The van der Waals surface area contributed by atoms with Gasteiger partial charge in [0, 0.05) is 37.3 Å². The molecule has 4 bridgehead atoms. The molecular formula is C27H42N6O. The van der Waals surface area contributed by atoms with Crippen LogP contribution >= 0.6 is 0 Å². The van der Waals surface area contributed by atoms with Crippen LogP contribution in [0.4, 0.5) is 16.6 Å². The lowest BCUT2D eigenvalue weighted by molar-refractivity contribution is -0.0137. The van der Waals surface area contributed by atoms with Crippen LogP contribution in [0.2, 0.25) is 0 Å². The molecule has 5 fully saturated rings. The monoisotopic (exact) mass is 466 g/mol. The average Bonchev–Trinajstić information content (AvgIpc) is 2.78. The summed E-state index contributed by atoms with van der Waals surface area (Å²) >= 11 is 0. The van der Waals surface area contributed by atoms with E-state index in [1.807, 2.05) is 0 Å². The topological polar surface area (TPSA) is 82.2 Å². The number of carbonyl (C=O) groups is 1. The first-order chi connectivity index (χ1) is 16.4. The molecule has 1 aromatic heterocycles. The van der Waals surface area contributed by atoms with Gasteiger partial charge in [0.1, 0.15) is 5.82 Å². The molecule has 0 aliphatic heterocycles. The molecule has 1 aromatic rings. The molecule has 5 saturated carbocycles. The smallest absolute Gasteiger partial charge is 0.315 e. The van der Waals surface area contributed by atoms with E-state index in [1.54, 1.807) is 0 Å². The van der Waals surface area contributed by atoms with Crippen molar-refractivity contribution in [1.29, 1.82) is 0 Å². The fourth-order valence-corrected chi connectivity index (χ4v) is 8.30. The number of amides is 2. The van der Waals surface area contributed by atoms with Crippen LogP contribution in [0.3, 0.4) is 0 Å². The fourth-order valence-electron chi connectivity index (χ4n) is 8.30. The summed E-state index contributed by atoms with van der Waals surface area (Å²) in [5.41, 5.74) is 2.65. The van der Waals surface area contributed by atoms with Crippen LogP contribution < -0.4 is 20.9 Å². The van der Waals surface area contributed by atoms with Gasteiger partial charge in [-0.3, -0.25) is 0 Å². The first-order valence-electron chi connectivity index (χ1n) is 13.9. The second-order valence-electron chi connectivity index (χ2n) is 12.4. The Morgan fingerprint density at radius 3 is 2.15 bits per heavy atom. The van der Waals surface area contributed by atoms with Crippen LogP contribution in [0.15, 0.2) is 0 Å². The molecule has 0 unspecified atom stereocenters. The van der Waals surface area contributed by atoms with E-state index in [0.717, 1.165) is 68.0 Å². The number of aryl methyl sites for hydroxylation is 1. The van der Waals surface area contributed by atoms with Gasteiger partial charge in [-0.05, 0) is 108 Å². The van der Waals surface area contributed by atoms with Crippen LogP contribution in [0.25, 0.3) is 0 Å². The van der Waals surface area contributed by atoms with Gasteiger partial charge in [-0.25, -0.2) is 9.78 Å². The Balaban J connectivity index is 1.01. The van der Waals surface area contributed by atoms with Crippen molar-refractivity contribution in [3.8, 4) is 0 Å². The lowest BCUT2D eigenvalue weighted by Crippen LogP contribution is -2.62. The number of urea groups is 1. The van der Waals surface area contributed by atoms with Crippen LogP contribution in [-0.2, 0) is 12.8 Å². The van der Waals surface area contributed by atoms with Gasteiger partial charge in [0.15, 0.2) is 0 Å². The Morgan fingerprint density at radius 2 is 1.50 bits per heavy atom. The second-order valence-corrected chi connectivity index (χ2v) is 12.4. The van der Waals surface area contributed by atoms with E-state index in [9.17, 15) is 4.79 Å². The van der Waals surface area contributed by atoms with Gasteiger partial charge in [0.25, 0.3) is 0 Å². The molecule has 1 heterocycles. The van der Waals surface area contributed by atoms with Crippen LogP contribution in [0, 0.1) is 17.8 Å². The molecule has 7 heteroatoms. The van der Waals surface area contributed by atoms with Crippen molar-refractivity contribution >= 4 is 17.8 Å². The van der Waals surface area contributed by atoms with Crippen molar-refractivity contribution in [3.63, 3.8) is 0 Å². The van der Waals surface area contributed by atoms with Crippen molar-refractivity contribution in [1.82, 2.24) is 20.6 Å². The number of aromatic nitrogens is 2. The number of fused-ring (bicyclic) bond motifs is 1. The van der Waals surface area contributed by atoms with Crippen molar-refractivity contribution in [3.05, 3.63) is 11.3 Å². The van der Waals surface area contributed by atoms with E-state index in [1.165, 1.54) is 62.6 Å². The largest absolute Gasteiger partial charge is 0.362 e. The number of hydrogen-bond donors (Lipinski definition) is 3. The van der Waals surface area contributed by atoms with Gasteiger partial charge in [0.2, 0.25) is 5.95 Å². The second kappa shape index (κ2) is 8.87.